The molecule has 0 saturated carbocycles. The molecule has 0 N–H and O–H groups in total. The summed E-state index contributed by atoms with van der Waals surface area (Å²) in [6.07, 6.45) is 0. The molecule has 1 aromatic heterocycles. The molecule has 0 atom stereocenters. The van der Waals surface area contributed by atoms with Crippen molar-refractivity contribution in [2.75, 3.05) is 19.6 Å². The third-order valence-electron chi connectivity index (χ3n) is 4.06. The molecule has 1 heterocycles. The Balaban J connectivity index is 2.30. The van der Waals surface area contributed by atoms with E-state index in [1.165, 1.54) is 11.1 Å². The van der Waals surface area contributed by atoms with E-state index in [-0.39, 0.29) is 5.56 Å². The van der Waals surface area contributed by atoms with Crippen LogP contribution in [-0.2, 0) is 6.54 Å². The van der Waals surface area contributed by atoms with Gasteiger partial charge in [-0.1, -0.05) is 31.5 Å². The molecule has 0 spiro atoms. The Morgan fingerprint density at radius 3 is 2.50 bits per heavy atom. The van der Waals surface area contributed by atoms with Crippen molar-refractivity contribution >= 4 is 0 Å². The zero-order valence-electron chi connectivity index (χ0n) is 14.0. The second-order valence-electron chi connectivity index (χ2n) is 5.63. The second kappa shape index (κ2) is 7.36. The van der Waals surface area contributed by atoms with Gasteiger partial charge in [0.1, 0.15) is 0 Å². The number of aromatic nitrogens is 2. The number of hydrogen-bond donors (Lipinski definition) is 0. The van der Waals surface area contributed by atoms with Gasteiger partial charge in [-0.05, 0) is 44.6 Å². The zero-order valence-corrected chi connectivity index (χ0v) is 14.0. The van der Waals surface area contributed by atoms with Crippen molar-refractivity contribution < 1.29 is 0 Å². The van der Waals surface area contributed by atoms with Gasteiger partial charge in [-0.25, -0.2) is 4.68 Å². The molecule has 1 aromatic carbocycles. The van der Waals surface area contributed by atoms with E-state index in [0.29, 0.717) is 6.54 Å². The second-order valence-corrected chi connectivity index (χ2v) is 5.63. The molecule has 0 radical (unpaired) electrons. The smallest absolute Gasteiger partial charge is 0.266 e. The van der Waals surface area contributed by atoms with Crippen LogP contribution in [0.25, 0.3) is 11.3 Å². The minimum Gasteiger partial charge on any atom is -0.302 e. The summed E-state index contributed by atoms with van der Waals surface area (Å²) in [4.78, 5) is 14.3. The van der Waals surface area contributed by atoms with Crippen LogP contribution in [0.15, 0.2) is 35.1 Å². The van der Waals surface area contributed by atoms with E-state index in [1.54, 1.807) is 10.7 Å². The van der Waals surface area contributed by atoms with Crippen molar-refractivity contribution in [3.63, 3.8) is 0 Å². The van der Waals surface area contributed by atoms with E-state index < -0.39 is 0 Å². The van der Waals surface area contributed by atoms with Gasteiger partial charge in [-0.2, -0.15) is 5.10 Å². The van der Waals surface area contributed by atoms with Gasteiger partial charge in [0, 0.05) is 18.2 Å². The normalized spacial score (nSPS) is 11.1. The molecule has 0 aliphatic heterocycles. The van der Waals surface area contributed by atoms with E-state index in [0.717, 1.165) is 30.9 Å². The summed E-state index contributed by atoms with van der Waals surface area (Å²) < 4.78 is 1.58. The predicted molar refractivity (Wildman–Crippen MR) is 91.2 cm³/mol. The summed E-state index contributed by atoms with van der Waals surface area (Å²) in [5.41, 5.74) is 4.29. The average Bonchev–Trinajstić information content (AvgIpc) is 2.52. The minimum atomic E-state index is -0.0405. The van der Waals surface area contributed by atoms with Gasteiger partial charge in [-0.15, -0.1) is 0 Å². The van der Waals surface area contributed by atoms with E-state index in [1.807, 2.05) is 6.07 Å². The summed E-state index contributed by atoms with van der Waals surface area (Å²) in [6, 6.07) is 9.74. The van der Waals surface area contributed by atoms with Crippen LogP contribution < -0.4 is 5.56 Å². The van der Waals surface area contributed by atoms with E-state index in [2.05, 4.69) is 55.9 Å². The molecule has 0 aliphatic carbocycles. The van der Waals surface area contributed by atoms with Crippen molar-refractivity contribution in [2.24, 2.45) is 0 Å². The van der Waals surface area contributed by atoms with Crippen molar-refractivity contribution in [3.8, 4) is 11.3 Å². The van der Waals surface area contributed by atoms with E-state index >= 15 is 0 Å². The summed E-state index contributed by atoms with van der Waals surface area (Å²) >= 11 is 0. The molecule has 4 nitrogen and oxygen atoms in total. The van der Waals surface area contributed by atoms with Crippen LogP contribution in [0, 0.1) is 13.8 Å². The fourth-order valence-corrected chi connectivity index (χ4v) is 2.54. The lowest BCUT2D eigenvalue weighted by molar-refractivity contribution is 0.283. The van der Waals surface area contributed by atoms with Gasteiger partial charge in [0.25, 0.3) is 5.56 Å². The van der Waals surface area contributed by atoms with Crippen molar-refractivity contribution in [2.45, 2.75) is 34.2 Å². The van der Waals surface area contributed by atoms with Crippen LogP contribution in [0.3, 0.4) is 0 Å². The maximum atomic E-state index is 12.0. The molecule has 118 valence electrons. The molecule has 0 bridgehead atoms. The minimum absolute atomic E-state index is 0.0405. The molecule has 2 rings (SSSR count). The molecule has 4 heteroatoms. The summed E-state index contributed by atoms with van der Waals surface area (Å²) in [5, 5.41) is 4.56. The number of likely N-dealkylation sites (N-methyl/N-ethyl adjacent to an activating group) is 1. The van der Waals surface area contributed by atoms with Crippen LogP contribution >= 0.6 is 0 Å². The van der Waals surface area contributed by atoms with Crippen LogP contribution in [0.1, 0.15) is 25.0 Å². The number of hydrogen-bond acceptors (Lipinski definition) is 3. The number of benzene rings is 1. The Kier molecular flexibility index (Phi) is 5.50. The number of aryl methyl sites for hydroxylation is 2. The molecule has 0 amide bonds. The van der Waals surface area contributed by atoms with Crippen LogP contribution in [0.5, 0.6) is 0 Å². The molecule has 0 unspecified atom stereocenters. The Labute approximate surface area is 132 Å². The van der Waals surface area contributed by atoms with E-state index in [4.69, 9.17) is 0 Å². The van der Waals surface area contributed by atoms with Gasteiger partial charge >= 0.3 is 0 Å². The Morgan fingerprint density at radius 2 is 1.82 bits per heavy atom. The maximum Gasteiger partial charge on any atom is 0.266 e. The largest absolute Gasteiger partial charge is 0.302 e. The first kappa shape index (κ1) is 16.4. The zero-order chi connectivity index (χ0) is 16.1. The molecule has 0 saturated heterocycles. The van der Waals surface area contributed by atoms with Gasteiger partial charge in [0.05, 0.1) is 12.2 Å². The Morgan fingerprint density at radius 1 is 1.09 bits per heavy atom. The summed E-state index contributed by atoms with van der Waals surface area (Å²) in [5.74, 6) is 0. The highest BCUT2D eigenvalue weighted by molar-refractivity contribution is 5.63. The average molecular weight is 299 g/mol. The lowest BCUT2D eigenvalue weighted by Gasteiger charge is -2.18. The van der Waals surface area contributed by atoms with Crippen molar-refractivity contribution in [1.29, 1.82) is 0 Å². The number of rotatable bonds is 6. The van der Waals surface area contributed by atoms with Crippen molar-refractivity contribution in [1.82, 2.24) is 14.7 Å². The maximum absolute atomic E-state index is 12.0. The van der Waals surface area contributed by atoms with Gasteiger partial charge < -0.3 is 4.90 Å². The third kappa shape index (κ3) is 3.83. The lowest BCUT2D eigenvalue weighted by atomic mass is 10.0. The molecular weight excluding hydrogens is 274 g/mol. The quantitative estimate of drug-likeness (QED) is 0.823. The monoisotopic (exact) mass is 299 g/mol. The van der Waals surface area contributed by atoms with E-state index in [9.17, 15) is 4.79 Å². The lowest BCUT2D eigenvalue weighted by Crippen LogP contribution is -2.32. The fraction of sp³-hybridized carbons (Fsp3) is 0.444. The molecule has 2 aromatic rings. The SMILES string of the molecule is CCN(CC)CCn1nc(-c2cc(C)ccc2C)ccc1=O. The highest BCUT2D eigenvalue weighted by atomic mass is 16.1. The van der Waals surface area contributed by atoms with Crippen LogP contribution in [-0.4, -0.2) is 34.3 Å². The number of nitrogens with zero attached hydrogens (tertiary/aromatic N) is 3. The Bertz CT molecular complexity index is 687. The molecular formula is C18H25N3O. The third-order valence-corrected chi connectivity index (χ3v) is 4.06. The predicted octanol–water partition coefficient (Wildman–Crippen LogP) is 2.87. The fourth-order valence-electron chi connectivity index (χ4n) is 2.54. The standard InChI is InChI=1S/C18H25N3O/c1-5-20(6-2)11-12-21-18(22)10-9-17(19-21)16-13-14(3)7-8-15(16)4/h7-10,13H,5-6,11-12H2,1-4H3. The van der Waals surface area contributed by atoms with Gasteiger partial charge in [0.15, 0.2) is 0 Å². The van der Waals surface area contributed by atoms with Gasteiger partial charge in [0.2, 0.25) is 0 Å². The first-order valence-electron chi connectivity index (χ1n) is 7.93. The van der Waals surface area contributed by atoms with Crippen molar-refractivity contribution in [3.05, 3.63) is 51.8 Å². The Hall–Kier alpha value is -1.94. The highest BCUT2D eigenvalue weighted by Gasteiger charge is 2.07. The van der Waals surface area contributed by atoms with Crippen LogP contribution in [0.2, 0.25) is 0 Å². The first-order valence-corrected chi connectivity index (χ1v) is 7.93. The molecule has 0 aliphatic rings. The molecule has 22 heavy (non-hydrogen) atoms. The first-order chi connectivity index (χ1) is 10.5. The van der Waals surface area contributed by atoms with Crippen LogP contribution in [0.4, 0.5) is 0 Å². The highest BCUT2D eigenvalue weighted by Crippen LogP contribution is 2.21. The topological polar surface area (TPSA) is 38.1 Å². The summed E-state index contributed by atoms with van der Waals surface area (Å²) in [6.45, 7) is 11.8. The summed E-state index contributed by atoms with van der Waals surface area (Å²) in [7, 11) is 0. The van der Waals surface area contributed by atoms with Gasteiger partial charge in [-0.3, -0.25) is 4.79 Å². The molecule has 0 fully saturated rings.